The van der Waals surface area contributed by atoms with E-state index in [1.54, 1.807) is 12.1 Å². The molecule has 2 rings (SSSR count). The highest BCUT2D eigenvalue weighted by molar-refractivity contribution is 6.67. The van der Waals surface area contributed by atoms with E-state index >= 15 is 0 Å². The first kappa shape index (κ1) is 15.1. The Labute approximate surface area is 121 Å². The summed E-state index contributed by atoms with van der Waals surface area (Å²) in [6, 6.07) is 5.40. The second-order valence-corrected chi connectivity index (χ2v) is 6.15. The van der Waals surface area contributed by atoms with Gasteiger partial charge in [-0.15, -0.1) is 0 Å². The van der Waals surface area contributed by atoms with E-state index in [2.05, 4.69) is 0 Å². The molecule has 1 aromatic carbocycles. The summed E-state index contributed by atoms with van der Waals surface area (Å²) < 4.78 is 16.8. The summed E-state index contributed by atoms with van der Waals surface area (Å²) in [6.45, 7) is 8.08. The predicted molar refractivity (Wildman–Crippen MR) is 81.7 cm³/mol. The van der Waals surface area contributed by atoms with Crippen LogP contribution in [0, 0.1) is 0 Å². The maximum atomic E-state index is 11.5. The zero-order chi connectivity index (χ0) is 15.1. The minimum Gasteiger partial charge on any atom is -0.465 e. The molecule has 1 aromatic rings. The molecule has 0 atom stereocenters. The van der Waals surface area contributed by atoms with Crippen LogP contribution in [0.15, 0.2) is 18.2 Å². The molecule has 0 amide bonds. The number of methoxy groups -OCH3 is 1. The fraction of sp³-hybridized carbons (Fsp3) is 0.500. The lowest BCUT2D eigenvalue weighted by atomic mass is 9.70. The third-order valence-corrected chi connectivity index (χ3v) is 4.20. The number of rotatable bonds is 2. The van der Waals surface area contributed by atoms with Crippen molar-refractivity contribution in [1.29, 1.82) is 0 Å². The molecule has 0 aliphatic carbocycles. The van der Waals surface area contributed by atoms with Crippen LogP contribution < -0.4 is 10.9 Å². The normalized spacial score (nSPS) is 19.9. The molecule has 0 aromatic heterocycles. The van der Waals surface area contributed by atoms with Crippen LogP contribution in [-0.4, -0.2) is 39.2 Å². The highest BCUT2D eigenvalue weighted by atomic mass is 16.7. The minimum absolute atomic E-state index is 0.339. The Morgan fingerprint density at radius 3 is 2.20 bits per heavy atom. The van der Waals surface area contributed by atoms with Crippen molar-refractivity contribution in [3.05, 3.63) is 23.8 Å². The van der Waals surface area contributed by atoms with E-state index in [4.69, 9.17) is 14.0 Å². The van der Waals surface area contributed by atoms with Gasteiger partial charge in [0.15, 0.2) is 0 Å². The van der Waals surface area contributed by atoms with Crippen molar-refractivity contribution in [2.45, 2.75) is 38.9 Å². The number of carbonyl (C=O) groups is 1. The van der Waals surface area contributed by atoms with Crippen LogP contribution in [0.4, 0.5) is 0 Å². The molecule has 0 radical (unpaired) electrons. The SMILES string of the molecule is Bc1cc(C(=O)OC)ccc1B1OC(C)(C)C(C)(C)O1. The average Bonchev–Trinajstić information content (AvgIpc) is 2.57. The second kappa shape index (κ2) is 4.93. The number of hydrogen-bond donors (Lipinski definition) is 0. The van der Waals surface area contributed by atoms with E-state index in [9.17, 15) is 4.79 Å². The first-order valence-electron chi connectivity index (χ1n) is 6.72. The quantitative estimate of drug-likeness (QED) is 0.564. The van der Waals surface area contributed by atoms with E-state index in [1.165, 1.54) is 7.11 Å². The van der Waals surface area contributed by atoms with Gasteiger partial charge in [-0.3, -0.25) is 0 Å². The first-order valence-corrected chi connectivity index (χ1v) is 6.72. The van der Waals surface area contributed by atoms with Gasteiger partial charge in [0.05, 0.1) is 23.9 Å². The predicted octanol–water partition coefficient (Wildman–Crippen LogP) is 0.0308. The van der Waals surface area contributed by atoms with Gasteiger partial charge in [0.25, 0.3) is 0 Å². The Balaban J connectivity index is 2.30. The third kappa shape index (κ3) is 2.50. The highest BCUT2D eigenvalue weighted by Gasteiger charge is 2.51. The Bertz CT molecular complexity index is 524. The number of hydrogen-bond acceptors (Lipinski definition) is 4. The summed E-state index contributed by atoms with van der Waals surface area (Å²) in [7, 11) is 2.90. The number of carbonyl (C=O) groups excluding carboxylic acids is 1. The van der Waals surface area contributed by atoms with Gasteiger partial charge in [0, 0.05) is 0 Å². The summed E-state index contributed by atoms with van der Waals surface area (Å²) in [5.74, 6) is -0.339. The summed E-state index contributed by atoms with van der Waals surface area (Å²) in [5.41, 5.74) is 1.68. The van der Waals surface area contributed by atoms with Crippen molar-refractivity contribution < 1.29 is 18.8 Å². The topological polar surface area (TPSA) is 44.8 Å². The molecule has 0 N–H and O–H groups in total. The average molecular weight is 274 g/mol. The number of benzene rings is 1. The van der Waals surface area contributed by atoms with Gasteiger partial charge in [-0.05, 0) is 39.2 Å². The maximum Gasteiger partial charge on any atom is 0.494 e. The first-order chi connectivity index (χ1) is 9.18. The van der Waals surface area contributed by atoms with Crippen LogP contribution in [0.1, 0.15) is 38.1 Å². The molecule has 0 saturated carbocycles. The molecule has 1 aliphatic rings. The van der Waals surface area contributed by atoms with Gasteiger partial charge in [-0.2, -0.15) is 0 Å². The summed E-state index contributed by atoms with van der Waals surface area (Å²) in [6.07, 6.45) is 0. The van der Waals surface area contributed by atoms with E-state index in [0.29, 0.717) is 5.56 Å². The van der Waals surface area contributed by atoms with Gasteiger partial charge in [0.1, 0.15) is 7.85 Å². The van der Waals surface area contributed by atoms with Crippen LogP contribution in [0.25, 0.3) is 0 Å². The van der Waals surface area contributed by atoms with Crippen molar-refractivity contribution in [3.8, 4) is 0 Å². The minimum atomic E-state index is -0.410. The second-order valence-electron chi connectivity index (χ2n) is 6.15. The van der Waals surface area contributed by atoms with Crippen molar-refractivity contribution >= 4 is 31.9 Å². The highest BCUT2D eigenvalue weighted by Crippen LogP contribution is 2.36. The molecule has 0 spiro atoms. The molecule has 0 bridgehead atoms. The number of esters is 1. The van der Waals surface area contributed by atoms with E-state index in [0.717, 1.165) is 10.9 Å². The molecule has 20 heavy (non-hydrogen) atoms. The Morgan fingerprint density at radius 1 is 1.20 bits per heavy atom. The molecule has 1 heterocycles. The van der Waals surface area contributed by atoms with Gasteiger partial charge in [-0.25, -0.2) is 4.79 Å². The van der Waals surface area contributed by atoms with Crippen LogP contribution in [0.3, 0.4) is 0 Å². The van der Waals surface area contributed by atoms with Crippen molar-refractivity contribution in [3.63, 3.8) is 0 Å². The maximum absolute atomic E-state index is 11.5. The van der Waals surface area contributed by atoms with Gasteiger partial charge in [0.2, 0.25) is 0 Å². The molecular formula is C14H20B2O4. The van der Waals surface area contributed by atoms with E-state index in [1.807, 2.05) is 41.6 Å². The molecule has 0 unspecified atom stereocenters. The fourth-order valence-electron chi connectivity index (χ4n) is 2.16. The zero-order valence-electron chi connectivity index (χ0n) is 12.9. The van der Waals surface area contributed by atoms with E-state index in [-0.39, 0.29) is 17.2 Å². The zero-order valence-corrected chi connectivity index (χ0v) is 12.9. The van der Waals surface area contributed by atoms with Crippen LogP contribution in [0.2, 0.25) is 0 Å². The third-order valence-electron chi connectivity index (χ3n) is 4.20. The molecule has 6 heteroatoms. The van der Waals surface area contributed by atoms with Crippen molar-refractivity contribution in [2.75, 3.05) is 7.11 Å². The molecule has 106 valence electrons. The van der Waals surface area contributed by atoms with Crippen LogP contribution in [-0.2, 0) is 14.0 Å². The van der Waals surface area contributed by atoms with Crippen LogP contribution in [0.5, 0.6) is 0 Å². The Kier molecular flexibility index (Phi) is 3.73. The molecular weight excluding hydrogens is 254 g/mol. The molecule has 1 saturated heterocycles. The van der Waals surface area contributed by atoms with Crippen LogP contribution >= 0.6 is 0 Å². The smallest absolute Gasteiger partial charge is 0.465 e. The van der Waals surface area contributed by atoms with Gasteiger partial charge < -0.3 is 14.0 Å². The summed E-state index contributed by atoms with van der Waals surface area (Å²) in [4.78, 5) is 11.5. The summed E-state index contributed by atoms with van der Waals surface area (Å²) >= 11 is 0. The molecule has 1 fully saturated rings. The Morgan fingerprint density at radius 2 is 1.75 bits per heavy atom. The summed E-state index contributed by atoms with van der Waals surface area (Å²) in [5, 5.41) is 0. The lowest BCUT2D eigenvalue weighted by Gasteiger charge is -2.32. The van der Waals surface area contributed by atoms with Crippen molar-refractivity contribution in [1.82, 2.24) is 0 Å². The monoisotopic (exact) mass is 274 g/mol. The van der Waals surface area contributed by atoms with Gasteiger partial charge in [-0.1, -0.05) is 17.6 Å². The lowest BCUT2D eigenvalue weighted by Crippen LogP contribution is -2.43. The van der Waals surface area contributed by atoms with E-state index < -0.39 is 7.12 Å². The fourth-order valence-corrected chi connectivity index (χ4v) is 2.16. The molecule has 1 aliphatic heterocycles. The molecule has 4 nitrogen and oxygen atoms in total. The Hall–Kier alpha value is -1.26. The number of ether oxygens (including phenoxy) is 1. The standard InChI is InChI=1S/C14H20B2O4/c1-13(2)14(3,4)20-16(19-13)11-7-6-9(8-10(11)15)12(17)18-5/h6-8H,15H2,1-5H3. The lowest BCUT2D eigenvalue weighted by molar-refractivity contribution is 0.00578. The van der Waals surface area contributed by atoms with Crippen molar-refractivity contribution in [2.24, 2.45) is 0 Å². The largest absolute Gasteiger partial charge is 0.494 e. The van der Waals surface area contributed by atoms with Gasteiger partial charge >= 0.3 is 13.1 Å².